The number of hydrogen-bond donors (Lipinski definition) is 1. The Morgan fingerprint density at radius 3 is 2.35 bits per heavy atom. The minimum Gasteiger partial charge on any atom is -0.347 e. The Bertz CT molecular complexity index is 1150. The fourth-order valence-electron chi connectivity index (χ4n) is 4.41. The number of carbonyl (C=O) groups excluding carboxylic acids is 1. The SMILES string of the molecule is CN(C)CCn1c(C(=O)NC2CCCCC2)nc(-c2ccc(Cl)cc2Cl)c1-c1ccc(Cl)cc1. The van der Waals surface area contributed by atoms with Crippen LogP contribution in [0.25, 0.3) is 22.5 Å². The van der Waals surface area contributed by atoms with Crippen LogP contribution in [0.15, 0.2) is 42.5 Å². The van der Waals surface area contributed by atoms with E-state index in [1.807, 2.05) is 49.0 Å². The second-order valence-corrected chi connectivity index (χ2v) is 10.3. The second kappa shape index (κ2) is 11.1. The maximum atomic E-state index is 13.5. The molecule has 2 aromatic carbocycles. The molecule has 0 unspecified atom stereocenters. The second-order valence-electron chi connectivity index (χ2n) is 9.03. The monoisotopic (exact) mass is 518 g/mol. The van der Waals surface area contributed by atoms with E-state index in [1.54, 1.807) is 12.1 Å². The molecule has 1 N–H and O–H groups in total. The van der Waals surface area contributed by atoms with Crippen LogP contribution in [-0.2, 0) is 6.54 Å². The number of hydrogen-bond acceptors (Lipinski definition) is 3. The van der Waals surface area contributed by atoms with Crippen LogP contribution < -0.4 is 5.32 Å². The van der Waals surface area contributed by atoms with Gasteiger partial charge in [-0.3, -0.25) is 4.79 Å². The number of amides is 1. The number of nitrogens with one attached hydrogen (secondary N) is 1. The van der Waals surface area contributed by atoms with E-state index in [0.29, 0.717) is 33.1 Å². The van der Waals surface area contributed by atoms with Crippen LogP contribution >= 0.6 is 34.8 Å². The van der Waals surface area contributed by atoms with Gasteiger partial charge >= 0.3 is 0 Å². The van der Waals surface area contributed by atoms with Crippen molar-refractivity contribution in [1.82, 2.24) is 19.8 Å². The third-order valence-corrected chi connectivity index (χ3v) is 6.99. The highest BCUT2D eigenvalue weighted by Crippen LogP contribution is 2.38. The van der Waals surface area contributed by atoms with Crippen molar-refractivity contribution in [3.8, 4) is 22.5 Å². The molecule has 0 radical (unpaired) electrons. The lowest BCUT2D eigenvalue weighted by Gasteiger charge is -2.23. The first kappa shape index (κ1) is 25.1. The van der Waals surface area contributed by atoms with Crippen LogP contribution in [0.3, 0.4) is 0 Å². The summed E-state index contributed by atoms with van der Waals surface area (Å²) in [6, 6.07) is 13.1. The number of rotatable bonds is 7. The fourth-order valence-corrected chi connectivity index (χ4v) is 5.03. The summed E-state index contributed by atoms with van der Waals surface area (Å²) in [5.74, 6) is 0.232. The molecule has 1 saturated carbocycles. The summed E-state index contributed by atoms with van der Waals surface area (Å²) >= 11 is 18.9. The Morgan fingerprint density at radius 2 is 1.71 bits per heavy atom. The molecule has 1 aromatic heterocycles. The van der Waals surface area contributed by atoms with Crippen molar-refractivity contribution in [2.75, 3.05) is 20.6 Å². The van der Waals surface area contributed by atoms with Crippen LogP contribution in [0, 0.1) is 0 Å². The molecule has 0 bridgehead atoms. The fraction of sp³-hybridized carbons (Fsp3) is 0.385. The molecule has 4 rings (SSSR count). The van der Waals surface area contributed by atoms with Gasteiger partial charge in [0.25, 0.3) is 5.91 Å². The zero-order valence-electron chi connectivity index (χ0n) is 19.5. The van der Waals surface area contributed by atoms with Crippen molar-refractivity contribution in [2.24, 2.45) is 0 Å². The van der Waals surface area contributed by atoms with Crippen LogP contribution in [0.2, 0.25) is 15.1 Å². The molecular formula is C26H29Cl3N4O. The van der Waals surface area contributed by atoms with Crippen LogP contribution in [-0.4, -0.2) is 47.0 Å². The zero-order chi connectivity index (χ0) is 24.2. The predicted octanol–water partition coefficient (Wildman–Crippen LogP) is 6.80. The van der Waals surface area contributed by atoms with E-state index in [4.69, 9.17) is 39.8 Å². The minimum atomic E-state index is -0.155. The molecule has 1 fully saturated rings. The standard InChI is InChI=1S/C26H29Cl3N4O/c1-32(2)14-15-33-24(17-8-10-18(27)11-9-17)23(21-13-12-19(28)16-22(21)29)31-25(33)26(34)30-20-6-4-3-5-7-20/h8-13,16,20H,3-7,14-15H2,1-2H3,(H,30,34). The maximum absolute atomic E-state index is 13.5. The van der Waals surface area contributed by atoms with Gasteiger partial charge in [-0.05, 0) is 57.3 Å². The summed E-state index contributed by atoms with van der Waals surface area (Å²) in [4.78, 5) is 20.5. The van der Waals surface area contributed by atoms with Crippen LogP contribution in [0.5, 0.6) is 0 Å². The number of nitrogens with zero attached hydrogens (tertiary/aromatic N) is 3. The Kier molecular flexibility index (Phi) is 8.20. The molecule has 8 heteroatoms. The topological polar surface area (TPSA) is 50.2 Å². The van der Waals surface area contributed by atoms with Gasteiger partial charge in [-0.15, -0.1) is 0 Å². The average molecular weight is 520 g/mol. The molecule has 0 saturated heterocycles. The number of aromatic nitrogens is 2. The summed E-state index contributed by atoms with van der Waals surface area (Å²) < 4.78 is 2.00. The predicted molar refractivity (Wildman–Crippen MR) is 141 cm³/mol. The first-order valence-corrected chi connectivity index (χ1v) is 12.7. The van der Waals surface area contributed by atoms with E-state index in [-0.39, 0.29) is 11.9 Å². The number of imidazole rings is 1. The van der Waals surface area contributed by atoms with Gasteiger partial charge < -0.3 is 14.8 Å². The van der Waals surface area contributed by atoms with Gasteiger partial charge in [0, 0.05) is 40.3 Å². The molecule has 0 aliphatic heterocycles. The lowest BCUT2D eigenvalue weighted by atomic mass is 9.95. The molecular weight excluding hydrogens is 491 g/mol. The minimum absolute atomic E-state index is 0.155. The highest BCUT2D eigenvalue weighted by Gasteiger charge is 2.27. The van der Waals surface area contributed by atoms with Crippen molar-refractivity contribution in [3.63, 3.8) is 0 Å². The van der Waals surface area contributed by atoms with Crippen LogP contribution in [0.4, 0.5) is 0 Å². The van der Waals surface area contributed by atoms with Gasteiger partial charge in [-0.1, -0.05) is 66.2 Å². The summed E-state index contributed by atoms with van der Waals surface area (Å²) in [6.07, 6.45) is 5.52. The third-order valence-electron chi connectivity index (χ3n) is 6.19. The lowest BCUT2D eigenvalue weighted by Crippen LogP contribution is -2.38. The summed E-state index contributed by atoms with van der Waals surface area (Å²) in [7, 11) is 4.02. The molecule has 5 nitrogen and oxygen atoms in total. The number of benzene rings is 2. The molecule has 1 aliphatic carbocycles. The van der Waals surface area contributed by atoms with Gasteiger partial charge in [0.05, 0.1) is 16.4 Å². The van der Waals surface area contributed by atoms with E-state index >= 15 is 0 Å². The lowest BCUT2D eigenvalue weighted by molar-refractivity contribution is 0.0912. The summed E-state index contributed by atoms with van der Waals surface area (Å²) in [6.45, 7) is 1.34. The Hall–Kier alpha value is -2.05. The molecule has 1 heterocycles. The number of carbonyl (C=O) groups is 1. The third kappa shape index (κ3) is 5.77. The highest BCUT2D eigenvalue weighted by atomic mass is 35.5. The molecule has 180 valence electrons. The first-order valence-electron chi connectivity index (χ1n) is 11.6. The van der Waals surface area contributed by atoms with Gasteiger partial charge in [0.1, 0.15) is 0 Å². The molecule has 1 aliphatic rings. The highest BCUT2D eigenvalue weighted by molar-refractivity contribution is 6.36. The Morgan fingerprint density at radius 1 is 1.03 bits per heavy atom. The average Bonchev–Trinajstić information content (AvgIpc) is 3.18. The number of likely N-dealkylation sites (N-methyl/N-ethyl adjacent to an activating group) is 1. The quantitative estimate of drug-likeness (QED) is 0.373. The molecule has 34 heavy (non-hydrogen) atoms. The Balaban J connectivity index is 1.87. The van der Waals surface area contributed by atoms with Crippen LogP contribution in [0.1, 0.15) is 42.7 Å². The van der Waals surface area contributed by atoms with Crippen molar-refractivity contribution in [1.29, 1.82) is 0 Å². The molecule has 1 amide bonds. The van der Waals surface area contributed by atoms with Crippen molar-refractivity contribution < 1.29 is 4.79 Å². The summed E-state index contributed by atoms with van der Waals surface area (Å²) in [5, 5.41) is 4.90. The smallest absolute Gasteiger partial charge is 0.287 e. The van der Waals surface area contributed by atoms with Gasteiger partial charge in [-0.25, -0.2) is 4.98 Å². The van der Waals surface area contributed by atoms with E-state index in [2.05, 4.69) is 10.2 Å². The zero-order valence-corrected chi connectivity index (χ0v) is 21.7. The normalized spacial score (nSPS) is 14.5. The molecule has 3 aromatic rings. The summed E-state index contributed by atoms with van der Waals surface area (Å²) in [5.41, 5.74) is 3.12. The molecule has 0 spiro atoms. The van der Waals surface area contributed by atoms with Crippen molar-refractivity contribution >= 4 is 40.7 Å². The first-order chi connectivity index (χ1) is 16.3. The number of halogens is 3. The van der Waals surface area contributed by atoms with Gasteiger partial charge in [0.15, 0.2) is 5.82 Å². The van der Waals surface area contributed by atoms with E-state index in [0.717, 1.165) is 49.0 Å². The van der Waals surface area contributed by atoms with E-state index in [1.165, 1.54) is 6.42 Å². The van der Waals surface area contributed by atoms with E-state index < -0.39 is 0 Å². The maximum Gasteiger partial charge on any atom is 0.287 e. The van der Waals surface area contributed by atoms with E-state index in [9.17, 15) is 4.79 Å². The Labute approximate surface area is 216 Å². The largest absolute Gasteiger partial charge is 0.347 e. The van der Waals surface area contributed by atoms with Crippen molar-refractivity contribution in [3.05, 3.63) is 63.4 Å². The molecule has 0 atom stereocenters. The van der Waals surface area contributed by atoms with Gasteiger partial charge in [-0.2, -0.15) is 0 Å². The van der Waals surface area contributed by atoms with Crippen molar-refractivity contribution in [2.45, 2.75) is 44.7 Å². The van der Waals surface area contributed by atoms with Gasteiger partial charge in [0.2, 0.25) is 0 Å².